The molecule has 10 heteroatoms. The lowest BCUT2D eigenvalue weighted by Crippen LogP contribution is -3.08. The van der Waals surface area contributed by atoms with Crippen LogP contribution in [0.4, 0.5) is 0 Å². The minimum Gasteiger partial charge on any atom is -1.00 e. The van der Waals surface area contributed by atoms with Gasteiger partial charge in [0.05, 0.1) is 37.3 Å². The molecule has 3 fully saturated rings. The van der Waals surface area contributed by atoms with Gasteiger partial charge in [0.1, 0.15) is 6.54 Å². The second-order valence-electron chi connectivity index (χ2n) is 8.91. The van der Waals surface area contributed by atoms with Crippen LogP contribution in [0.2, 0.25) is 0 Å². The van der Waals surface area contributed by atoms with E-state index in [9.17, 15) is 18.0 Å². The highest BCUT2D eigenvalue weighted by Gasteiger charge is 2.58. The van der Waals surface area contributed by atoms with E-state index in [1.165, 1.54) is 17.7 Å². The summed E-state index contributed by atoms with van der Waals surface area (Å²) in [5.41, 5.74) is 0. The lowest BCUT2D eigenvalue weighted by Gasteiger charge is -2.28. The Labute approximate surface area is 184 Å². The summed E-state index contributed by atoms with van der Waals surface area (Å²) in [7, 11) is -3.68. The molecule has 0 aromatic carbocycles. The number of rotatable bonds is 5. The van der Waals surface area contributed by atoms with Gasteiger partial charge in [-0.3, -0.25) is 9.59 Å². The van der Waals surface area contributed by atoms with Gasteiger partial charge in [-0.25, -0.2) is 12.7 Å². The number of carbonyl (C=O) groups is 2. The van der Waals surface area contributed by atoms with Gasteiger partial charge >= 0.3 is 0 Å². The van der Waals surface area contributed by atoms with E-state index in [-0.39, 0.29) is 30.0 Å². The quantitative estimate of drug-likeness (QED) is 0.510. The van der Waals surface area contributed by atoms with Crippen LogP contribution in [0.1, 0.15) is 49.4 Å². The van der Waals surface area contributed by atoms with E-state index in [4.69, 9.17) is 4.42 Å². The number of fused-ring (bicyclic) bond motifs is 1. The van der Waals surface area contributed by atoms with Crippen LogP contribution in [0, 0.1) is 11.8 Å². The highest BCUT2D eigenvalue weighted by atomic mass is 35.5. The smallest absolute Gasteiger partial charge is 0.289 e. The van der Waals surface area contributed by atoms with Gasteiger partial charge in [0.2, 0.25) is 15.9 Å². The van der Waals surface area contributed by atoms with Crippen molar-refractivity contribution >= 4 is 21.8 Å². The van der Waals surface area contributed by atoms with Crippen molar-refractivity contribution in [3.05, 3.63) is 23.7 Å². The largest absolute Gasteiger partial charge is 1.00 e. The molecule has 2 amide bonds. The number of furan rings is 1. The molecule has 30 heavy (non-hydrogen) atoms. The summed E-state index contributed by atoms with van der Waals surface area (Å²) in [5, 5.41) is 0. The molecule has 3 atom stereocenters. The summed E-state index contributed by atoms with van der Waals surface area (Å²) in [5.74, 6) is -0.179. The second kappa shape index (κ2) is 8.51. The standard InChI is InChI=1S/C20H29N3O5S.ClH/c1-13(2)17-18-15(23(20(17)25)29(3,26)27)8-11-22(18)19(24)16-7-6-14(28-16)12-21-9-4-5-10-21;/h6-7,13,15,17-18H,4-5,8-12H2,1-3H3;1H/t15-,17+,18-;/m1./s1. The van der Waals surface area contributed by atoms with Crippen LogP contribution in [-0.2, 0) is 21.4 Å². The summed E-state index contributed by atoms with van der Waals surface area (Å²) in [4.78, 5) is 29.2. The Kier molecular flexibility index (Phi) is 6.55. The van der Waals surface area contributed by atoms with E-state index >= 15 is 0 Å². The Morgan fingerprint density at radius 2 is 1.93 bits per heavy atom. The van der Waals surface area contributed by atoms with Gasteiger partial charge in [0.15, 0.2) is 11.5 Å². The molecule has 0 unspecified atom stereocenters. The van der Waals surface area contributed by atoms with Crippen LogP contribution in [0.15, 0.2) is 16.5 Å². The van der Waals surface area contributed by atoms with Crippen molar-refractivity contribution in [2.75, 3.05) is 25.9 Å². The maximum Gasteiger partial charge on any atom is 0.289 e. The third-order valence-electron chi connectivity index (χ3n) is 6.54. The molecule has 8 nitrogen and oxygen atoms in total. The first kappa shape index (κ1) is 23.1. The first-order valence-electron chi connectivity index (χ1n) is 10.4. The zero-order chi connectivity index (χ0) is 20.9. The molecule has 4 heterocycles. The predicted octanol–water partition coefficient (Wildman–Crippen LogP) is -2.88. The number of carbonyl (C=O) groups excluding carboxylic acids is 2. The van der Waals surface area contributed by atoms with Crippen LogP contribution in [-0.4, -0.2) is 67.4 Å². The second-order valence-corrected chi connectivity index (χ2v) is 10.8. The molecular formula is C20H30ClN3O5S. The topological polar surface area (TPSA) is 92.3 Å². The SMILES string of the molecule is CC(C)[C@@H]1C(=O)N(S(C)(=O)=O)[C@@H]2CCN(C(=O)c3ccc(C[NH+]4CCCC4)o3)[C@H]21.[Cl-]. The third-order valence-corrected chi connectivity index (χ3v) is 7.70. The van der Waals surface area contributed by atoms with Crippen molar-refractivity contribution in [3.63, 3.8) is 0 Å². The van der Waals surface area contributed by atoms with Crippen molar-refractivity contribution in [2.24, 2.45) is 11.8 Å². The minimum atomic E-state index is -3.68. The highest BCUT2D eigenvalue weighted by molar-refractivity contribution is 7.88. The van der Waals surface area contributed by atoms with Gasteiger partial charge in [-0.05, 0) is 24.5 Å². The zero-order valence-corrected chi connectivity index (χ0v) is 19.2. The fourth-order valence-electron chi connectivity index (χ4n) is 5.30. The van der Waals surface area contributed by atoms with Crippen molar-refractivity contribution in [1.29, 1.82) is 0 Å². The molecule has 1 aromatic heterocycles. The molecule has 1 aromatic rings. The van der Waals surface area contributed by atoms with Crippen molar-refractivity contribution in [2.45, 2.75) is 51.7 Å². The number of sulfonamides is 1. The molecule has 168 valence electrons. The van der Waals surface area contributed by atoms with Gasteiger partial charge in [0.25, 0.3) is 5.91 Å². The molecule has 0 bridgehead atoms. The molecular weight excluding hydrogens is 430 g/mol. The molecule has 3 aliphatic heterocycles. The minimum absolute atomic E-state index is 0. The third kappa shape index (κ3) is 3.99. The van der Waals surface area contributed by atoms with Crippen LogP contribution >= 0.6 is 0 Å². The van der Waals surface area contributed by atoms with E-state index in [0.717, 1.165) is 36.0 Å². The average Bonchev–Trinajstić information content (AvgIpc) is 3.37. The van der Waals surface area contributed by atoms with Crippen LogP contribution in [0.25, 0.3) is 0 Å². The summed E-state index contributed by atoms with van der Waals surface area (Å²) in [6.07, 6.45) is 3.97. The fraction of sp³-hybridized carbons (Fsp3) is 0.700. The molecule has 1 N–H and O–H groups in total. The summed E-state index contributed by atoms with van der Waals surface area (Å²) >= 11 is 0. The number of hydrogen-bond donors (Lipinski definition) is 1. The number of quaternary nitrogens is 1. The molecule has 3 saturated heterocycles. The number of nitrogens with one attached hydrogen (secondary N) is 1. The van der Waals surface area contributed by atoms with Gasteiger partial charge in [-0.2, -0.15) is 0 Å². The van der Waals surface area contributed by atoms with Crippen molar-refractivity contribution < 1.29 is 39.7 Å². The van der Waals surface area contributed by atoms with Crippen molar-refractivity contribution in [1.82, 2.24) is 9.21 Å². The fourth-order valence-corrected chi connectivity index (χ4v) is 6.47. The number of hydrogen-bond acceptors (Lipinski definition) is 5. The van der Waals surface area contributed by atoms with E-state index in [1.54, 1.807) is 11.0 Å². The number of likely N-dealkylation sites (tertiary alicyclic amines) is 2. The number of nitrogens with zero attached hydrogens (tertiary/aromatic N) is 2. The Morgan fingerprint density at radius 3 is 2.53 bits per heavy atom. The van der Waals surface area contributed by atoms with Gasteiger partial charge in [-0.1, -0.05) is 13.8 Å². The molecule has 0 radical (unpaired) electrons. The number of halogens is 1. The Balaban J connectivity index is 0.00000256. The predicted molar refractivity (Wildman–Crippen MR) is 106 cm³/mol. The Bertz CT molecular complexity index is 909. The summed E-state index contributed by atoms with van der Waals surface area (Å²) in [6, 6.07) is 2.63. The Hall–Kier alpha value is -1.58. The molecule has 4 rings (SSSR count). The maximum atomic E-state index is 13.2. The first-order valence-corrected chi connectivity index (χ1v) is 12.3. The molecule has 0 saturated carbocycles. The first-order chi connectivity index (χ1) is 13.7. The molecule has 0 aliphatic carbocycles. The summed E-state index contributed by atoms with van der Waals surface area (Å²) in [6.45, 7) is 7.24. The monoisotopic (exact) mass is 459 g/mol. The number of amides is 2. The van der Waals surface area contributed by atoms with Crippen LogP contribution in [0.3, 0.4) is 0 Å². The lowest BCUT2D eigenvalue weighted by atomic mass is 9.88. The van der Waals surface area contributed by atoms with Gasteiger partial charge in [-0.15, -0.1) is 0 Å². The van der Waals surface area contributed by atoms with E-state index < -0.39 is 33.9 Å². The van der Waals surface area contributed by atoms with Gasteiger partial charge < -0.3 is 26.6 Å². The van der Waals surface area contributed by atoms with Crippen molar-refractivity contribution in [3.8, 4) is 0 Å². The lowest BCUT2D eigenvalue weighted by molar-refractivity contribution is -0.902. The summed E-state index contributed by atoms with van der Waals surface area (Å²) < 4.78 is 31.4. The maximum absolute atomic E-state index is 13.2. The normalized spacial score (nSPS) is 27.1. The Morgan fingerprint density at radius 1 is 1.27 bits per heavy atom. The zero-order valence-electron chi connectivity index (χ0n) is 17.6. The van der Waals surface area contributed by atoms with Crippen LogP contribution < -0.4 is 17.3 Å². The van der Waals surface area contributed by atoms with Crippen LogP contribution in [0.5, 0.6) is 0 Å². The molecule has 0 spiro atoms. The average molecular weight is 460 g/mol. The van der Waals surface area contributed by atoms with E-state index in [2.05, 4.69) is 0 Å². The molecule has 3 aliphatic rings. The van der Waals surface area contributed by atoms with Gasteiger partial charge in [0, 0.05) is 19.4 Å². The van der Waals surface area contributed by atoms with E-state index in [1.807, 2.05) is 19.9 Å². The van der Waals surface area contributed by atoms with E-state index in [0.29, 0.717) is 13.0 Å². The highest BCUT2D eigenvalue weighted by Crippen LogP contribution is 2.41.